The minimum atomic E-state index is -0.0243. The van der Waals surface area contributed by atoms with E-state index in [1.807, 2.05) is 35.2 Å². The third kappa shape index (κ3) is 3.42. The monoisotopic (exact) mass is 334 g/mol. The van der Waals surface area contributed by atoms with Gasteiger partial charge in [-0.25, -0.2) is 9.97 Å². The highest BCUT2D eigenvalue weighted by atomic mass is 16.5. The van der Waals surface area contributed by atoms with Gasteiger partial charge in [-0.3, -0.25) is 9.78 Å². The van der Waals surface area contributed by atoms with Crippen LogP contribution in [0, 0.1) is 0 Å². The molecule has 4 rings (SSSR count). The smallest absolute Gasteiger partial charge is 0.272 e. The van der Waals surface area contributed by atoms with Gasteiger partial charge in [0.2, 0.25) is 5.88 Å². The fraction of sp³-hybridized carbons (Fsp3) is 0.263. The van der Waals surface area contributed by atoms with E-state index in [-0.39, 0.29) is 12.0 Å². The van der Waals surface area contributed by atoms with Gasteiger partial charge in [0.25, 0.3) is 5.91 Å². The highest BCUT2D eigenvalue weighted by Gasteiger charge is 2.25. The summed E-state index contributed by atoms with van der Waals surface area (Å²) in [6.07, 6.45) is 6.44. The van der Waals surface area contributed by atoms with Crippen molar-refractivity contribution >= 4 is 16.8 Å². The van der Waals surface area contributed by atoms with Gasteiger partial charge in [-0.1, -0.05) is 24.3 Å². The van der Waals surface area contributed by atoms with E-state index in [0.717, 1.165) is 23.7 Å². The van der Waals surface area contributed by atoms with Crippen molar-refractivity contribution in [3.05, 3.63) is 60.7 Å². The summed E-state index contributed by atoms with van der Waals surface area (Å²) in [5.74, 6) is 0.507. The number of ether oxygens (including phenoxy) is 1. The first-order valence-corrected chi connectivity index (χ1v) is 8.37. The Kier molecular flexibility index (Phi) is 4.24. The Morgan fingerprint density at radius 1 is 1.08 bits per heavy atom. The standard InChI is InChI=1S/C19H18N4O2/c24-19(17-6-5-14-3-1-2-4-16(14)22-17)23-11-7-15(8-12-23)25-18-13-20-9-10-21-18/h1-6,9-10,13,15H,7-8,11-12H2. The number of amides is 1. The average Bonchev–Trinajstić information content (AvgIpc) is 2.68. The minimum Gasteiger partial charge on any atom is -0.473 e. The molecule has 1 saturated heterocycles. The lowest BCUT2D eigenvalue weighted by atomic mass is 10.1. The molecule has 1 aliphatic rings. The van der Waals surface area contributed by atoms with Gasteiger partial charge in [-0.2, -0.15) is 0 Å². The Bertz CT molecular complexity index is 877. The molecule has 1 aliphatic heterocycles. The summed E-state index contributed by atoms with van der Waals surface area (Å²) in [5, 5.41) is 1.04. The molecular weight excluding hydrogens is 316 g/mol. The second-order valence-corrected chi connectivity index (χ2v) is 6.04. The third-order valence-corrected chi connectivity index (χ3v) is 4.37. The molecule has 3 aromatic rings. The van der Waals surface area contributed by atoms with Gasteiger partial charge < -0.3 is 9.64 Å². The van der Waals surface area contributed by atoms with Crippen molar-refractivity contribution in [3.8, 4) is 5.88 Å². The first-order chi connectivity index (χ1) is 12.3. The summed E-state index contributed by atoms with van der Waals surface area (Å²) >= 11 is 0. The summed E-state index contributed by atoms with van der Waals surface area (Å²) in [6.45, 7) is 1.30. The van der Waals surface area contributed by atoms with Crippen molar-refractivity contribution in [3.63, 3.8) is 0 Å². The number of benzene rings is 1. The molecule has 1 amide bonds. The van der Waals surface area contributed by atoms with Crippen LogP contribution in [0.4, 0.5) is 0 Å². The average molecular weight is 334 g/mol. The maximum atomic E-state index is 12.7. The van der Waals surface area contributed by atoms with Crippen LogP contribution in [0.3, 0.4) is 0 Å². The second kappa shape index (κ2) is 6.84. The first-order valence-electron chi connectivity index (χ1n) is 8.37. The van der Waals surface area contributed by atoms with Crippen LogP contribution in [-0.2, 0) is 0 Å². The Morgan fingerprint density at radius 3 is 2.72 bits per heavy atom. The SMILES string of the molecule is O=C(c1ccc2ccccc2n1)N1CCC(Oc2cnccn2)CC1. The zero-order valence-corrected chi connectivity index (χ0v) is 13.7. The molecule has 1 aromatic carbocycles. The largest absolute Gasteiger partial charge is 0.473 e. The number of carbonyl (C=O) groups excluding carboxylic acids is 1. The Labute approximate surface area is 145 Å². The predicted molar refractivity (Wildman–Crippen MR) is 93.3 cm³/mol. The third-order valence-electron chi connectivity index (χ3n) is 4.37. The first kappa shape index (κ1) is 15.5. The fourth-order valence-corrected chi connectivity index (χ4v) is 3.04. The van der Waals surface area contributed by atoms with E-state index >= 15 is 0 Å². The van der Waals surface area contributed by atoms with Crippen LogP contribution < -0.4 is 4.74 Å². The number of hydrogen-bond acceptors (Lipinski definition) is 5. The highest BCUT2D eigenvalue weighted by Crippen LogP contribution is 2.19. The highest BCUT2D eigenvalue weighted by molar-refractivity contribution is 5.94. The quantitative estimate of drug-likeness (QED) is 0.737. The Morgan fingerprint density at radius 2 is 1.92 bits per heavy atom. The van der Waals surface area contributed by atoms with E-state index < -0.39 is 0 Å². The number of carbonyl (C=O) groups is 1. The van der Waals surface area contributed by atoms with Gasteiger partial charge in [0, 0.05) is 43.7 Å². The number of likely N-dealkylation sites (tertiary alicyclic amines) is 1. The molecule has 6 nitrogen and oxygen atoms in total. The van der Waals surface area contributed by atoms with Crippen molar-refractivity contribution in [2.75, 3.05) is 13.1 Å². The molecule has 0 saturated carbocycles. The molecule has 0 spiro atoms. The van der Waals surface area contributed by atoms with Gasteiger partial charge in [0.15, 0.2) is 0 Å². The molecule has 0 unspecified atom stereocenters. The number of hydrogen-bond donors (Lipinski definition) is 0. The topological polar surface area (TPSA) is 68.2 Å². The number of para-hydroxylation sites is 1. The molecule has 0 bridgehead atoms. The molecule has 6 heteroatoms. The molecule has 0 radical (unpaired) electrons. The molecule has 25 heavy (non-hydrogen) atoms. The van der Waals surface area contributed by atoms with Crippen LogP contribution >= 0.6 is 0 Å². The van der Waals surface area contributed by atoms with Crippen molar-refractivity contribution in [2.45, 2.75) is 18.9 Å². The lowest BCUT2D eigenvalue weighted by Gasteiger charge is -2.31. The summed E-state index contributed by atoms with van der Waals surface area (Å²) < 4.78 is 5.82. The number of rotatable bonds is 3. The number of piperidine rings is 1. The van der Waals surface area contributed by atoms with Crippen molar-refractivity contribution in [1.29, 1.82) is 0 Å². The van der Waals surface area contributed by atoms with Gasteiger partial charge in [-0.05, 0) is 12.1 Å². The Balaban J connectivity index is 1.40. The van der Waals surface area contributed by atoms with Crippen LogP contribution in [0.5, 0.6) is 5.88 Å². The van der Waals surface area contributed by atoms with Gasteiger partial charge in [0.1, 0.15) is 11.8 Å². The van der Waals surface area contributed by atoms with Gasteiger partial charge in [0.05, 0.1) is 11.7 Å². The van der Waals surface area contributed by atoms with E-state index in [1.165, 1.54) is 0 Å². The van der Waals surface area contributed by atoms with Crippen LogP contribution in [0.25, 0.3) is 10.9 Å². The zero-order chi connectivity index (χ0) is 17.1. The second-order valence-electron chi connectivity index (χ2n) is 6.04. The number of pyridine rings is 1. The van der Waals surface area contributed by atoms with Gasteiger partial charge in [-0.15, -0.1) is 0 Å². The fourth-order valence-electron chi connectivity index (χ4n) is 3.04. The summed E-state index contributed by atoms with van der Waals surface area (Å²) in [5.41, 5.74) is 1.33. The molecule has 0 aliphatic carbocycles. The van der Waals surface area contributed by atoms with E-state index in [9.17, 15) is 4.79 Å². The van der Waals surface area contributed by atoms with Crippen LogP contribution in [0.1, 0.15) is 23.3 Å². The predicted octanol–water partition coefficient (Wildman–Crippen LogP) is 2.71. The van der Waals surface area contributed by atoms with E-state index in [4.69, 9.17) is 4.74 Å². The normalized spacial score (nSPS) is 15.3. The maximum Gasteiger partial charge on any atom is 0.272 e. The molecule has 0 N–H and O–H groups in total. The molecule has 126 valence electrons. The molecular formula is C19H18N4O2. The van der Waals surface area contributed by atoms with E-state index in [2.05, 4.69) is 15.0 Å². The van der Waals surface area contributed by atoms with Crippen molar-refractivity contribution in [1.82, 2.24) is 19.9 Å². The van der Waals surface area contributed by atoms with E-state index in [0.29, 0.717) is 24.7 Å². The number of fused-ring (bicyclic) bond motifs is 1. The summed E-state index contributed by atoms with van der Waals surface area (Å²) in [4.78, 5) is 27.2. The van der Waals surface area contributed by atoms with Crippen LogP contribution in [0.2, 0.25) is 0 Å². The lowest BCUT2D eigenvalue weighted by Crippen LogP contribution is -2.42. The zero-order valence-electron chi connectivity index (χ0n) is 13.7. The van der Waals surface area contributed by atoms with Crippen molar-refractivity contribution in [2.24, 2.45) is 0 Å². The maximum absolute atomic E-state index is 12.7. The number of aromatic nitrogens is 3. The van der Waals surface area contributed by atoms with Crippen molar-refractivity contribution < 1.29 is 9.53 Å². The molecule has 2 aromatic heterocycles. The van der Waals surface area contributed by atoms with Crippen LogP contribution in [-0.4, -0.2) is 45.0 Å². The van der Waals surface area contributed by atoms with Gasteiger partial charge >= 0.3 is 0 Å². The molecule has 0 atom stereocenters. The van der Waals surface area contributed by atoms with E-state index in [1.54, 1.807) is 24.7 Å². The molecule has 3 heterocycles. The summed E-state index contributed by atoms with van der Waals surface area (Å²) in [6, 6.07) is 11.6. The minimum absolute atomic E-state index is 0.0243. The molecule has 1 fully saturated rings. The number of nitrogens with zero attached hydrogens (tertiary/aromatic N) is 4. The lowest BCUT2D eigenvalue weighted by molar-refractivity contribution is 0.0582. The van der Waals surface area contributed by atoms with Crippen LogP contribution in [0.15, 0.2) is 55.0 Å². The summed E-state index contributed by atoms with van der Waals surface area (Å²) in [7, 11) is 0. The Hall–Kier alpha value is -3.02.